The SMILES string of the molecule is Cn1ccc2cc(CCN)ccc21. The number of aromatic nitrogens is 1. The molecule has 2 N–H and O–H groups in total. The van der Waals surface area contributed by atoms with Crippen molar-refractivity contribution < 1.29 is 0 Å². The lowest BCUT2D eigenvalue weighted by atomic mass is 10.1. The second-order valence-electron chi connectivity index (χ2n) is 3.36. The molecule has 2 nitrogen and oxygen atoms in total. The minimum absolute atomic E-state index is 0.721. The summed E-state index contributed by atoms with van der Waals surface area (Å²) in [6.45, 7) is 0.721. The fraction of sp³-hybridized carbons (Fsp3) is 0.273. The standard InChI is InChI=1S/C11H14N2/c1-13-7-5-10-8-9(4-6-12)2-3-11(10)13/h2-3,5,7-8H,4,6,12H2,1H3. The van der Waals surface area contributed by atoms with E-state index in [-0.39, 0.29) is 0 Å². The fourth-order valence-corrected chi connectivity index (χ4v) is 1.65. The first-order valence-corrected chi connectivity index (χ1v) is 4.55. The zero-order chi connectivity index (χ0) is 9.26. The topological polar surface area (TPSA) is 30.9 Å². The molecule has 0 atom stereocenters. The van der Waals surface area contributed by atoms with Gasteiger partial charge in [0.05, 0.1) is 0 Å². The van der Waals surface area contributed by atoms with Crippen LogP contribution >= 0.6 is 0 Å². The maximum absolute atomic E-state index is 5.50. The van der Waals surface area contributed by atoms with E-state index >= 15 is 0 Å². The van der Waals surface area contributed by atoms with Gasteiger partial charge in [0.1, 0.15) is 0 Å². The van der Waals surface area contributed by atoms with Crippen LogP contribution in [0.1, 0.15) is 5.56 Å². The molecule has 0 unspecified atom stereocenters. The summed E-state index contributed by atoms with van der Waals surface area (Å²) < 4.78 is 2.13. The van der Waals surface area contributed by atoms with Crippen molar-refractivity contribution in [2.45, 2.75) is 6.42 Å². The summed E-state index contributed by atoms with van der Waals surface area (Å²) in [5.74, 6) is 0. The Bertz CT molecular complexity index is 415. The molecule has 0 spiro atoms. The predicted molar refractivity (Wildman–Crippen MR) is 55.7 cm³/mol. The molecular weight excluding hydrogens is 160 g/mol. The van der Waals surface area contributed by atoms with Crippen LogP contribution in [0.3, 0.4) is 0 Å². The van der Waals surface area contributed by atoms with E-state index in [9.17, 15) is 0 Å². The maximum Gasteiger partial charge on any atom is 0.0477 e. The summed E-state index contributed by atoms with van der Waals surface area (Å²) in [6, 6.07) is 8.65. The minimum Gasteiger partial charge on any atom is -0.351 e. The van der Waals surface area contributed by atoms with Gasteiger partial charge in [-0.15, -0.1) is 0 Å². The highest BCUT2D eigenvalue weighted by Crippen LogP contribution is 2.16. The van der Waals surface area contributed by atoms with Gasteiger partial charge in [0.15, 0.2) is 0 Å². The molecule has 0 saturated heterocycles. The second-order valence-corrected chi connectivity index (χ2v) is 3.36. The number of benzene rings is 1. The highest BCUT2D eigenvalue weighted by Gasteiger charge is 1.98. The summed E-state index contributed by atoms with van der Waals surface area (Å²) in [4.78, 5) is 0. The molecule has 2 rings (SSSR count). The van der Waals surface area contributed by atoms with E-state index in [4.69, 9.17) is 5.73 Å². The van der Waals surface area contributed by atoms with Gasteiger partial charge >= 0.3 is 0 Å². The lowest BCUT2D eigenvalue weighted by molar-refractivity contribution is 0.960. The van der Waals surface area contributed by atoms with Crippen LogP contribution in [-0.4, -0.2) is 11.1 Å². The number of hydrogen-bond donors (Lipinski definition) is 1. The van der Waals surface area contributed by atoms with Gasteiger partial charge in [-0.3, -0.25) is 0 Å². The molecule has 1 aromatic heterocycles. The molecule has 0 fully saturated rings. The Hall–Kier alpha value is -1.28. The van der Waals surface area contributed by atoms with Crippen molar-refractivity contribution in [2.75, 3.05) is 6.54 Å². The van der Waals surface area contributed by atoms with Gasteiger partial charge in [-0.05, 0) is 42.1 Å². The largest absolute Gasteiger partial charge is 0.351 e. The quantitative estimate of drug-likeness (QED) is 0.737. The number of fused-ring (bicyclic) bond motifs is 1. The number of aryl methyl sites for hydroxylation is 1. The van der Waals surface area contributed by atoms with E-state index < -0.39 is 0 Å². The number of rotatable bonds is 2. The van der Waals surface area contributed by atoms with Gasteiger partial charge in [0, 0.05) is 18.8 Å². The van der Waals surface area contributed by atoms with E-state index in [1.54, 1.807) is 0 Å². The Morgan fingerprint density at radius 2 is 2.15 bits per heavy atom. The summed E-state index contributed by atoms with van der Waals surface area (Å²) in [5.41, 5.74) is 8.10. The first kappa shape index (κ1) is 8.32. The molecule has 1 aromatic carbocycles. The maximum atomic E-state index is 5.50. The molecule has 2 heteroatoms. The van der Waals surface area contributed by atoms with Crippen molar-refractivity contribution in [3.05, 3.63) is 36.0 Å². The van der Waals surface area contributed by atoms with Crippen LogP contribution < -0.4 is 5.73 Å². The van der Waals surface area contributed by atoms with Crippen molar-refractivity contribution in [1.82, 2.24) is 4.57 Å². The first-order valence-electron chi connectivity index (χ1n) is 4.55. The van der Waals surface area contributed by atoms with Crippen LogP contribution in [0.5, 0.6) is 0 Å². The van der Waals surface area contributed by atoms with Crippen molar-refractivity contribution in [1.29, 1.82) is 0 Å². The Morgan fingerprint density at radius 3 is 2.92 bits per heavy atom. The van der Waals surface area contributed by atoms with Crippen LogP contribution in [0, 0.1) is 0 Å². The Labute approximate surface area is 78.0 Å². The molecule has 0 bridgehead atoms. The van der Waals surface area contributed by atoms with Crippen LogP contribution in [0.2, 0.25) is 0 Å². The van der Waals surface area contributed by atoms with Crippen molar-refractivity contribution >= 4 is 10.9 Å². The van der Waals surface area contributed by atoms with Gasteiger partial charge in [0.2, 0.25) is 0 Å². The van der Waals surface area contributed by atoms with Crippen LogP contribution in [0.25, 0.3) is 10.9 Å². The summed E-state index contributed by atoms with van der Waals surface area (Å²) in [5, 5.41) is 1.30. The lowest BCUT2D eigenvalue weighted by Gasteiger charge is -2.00. The lowest BCUT2D eigenvalue weighted by Crippen LogP contribution is -2.02. The minimum atomic E-state index is 0.721. The molecule has 0 radical (unpaired) electrons. The number of nitrogens with two attached hydrogens (primary N) is 1. The number of hydrogen-bond acceptors (Lipinski definition) is 1. The third-order valence-electron chi connectivity index (χ3n) is 2.38. The van der Waals surface area contributed by atoms with Gasteiger partial charge in [-0.1, -0.05) is 6.07 Å². The normalized spacial score (nSPS) is 10.9. The van der Waals surface area contributed by atoms with Crippen LogP contribution in [0.4, 0.5) is 0 Å². The van der Waals surface area contributed by atoms with Crippen molar-refractivity contribution in [3.63, 3.8) is 0 Å². The van der Waals surface area contributed by atoms with E-state index in [1.165, 1.54) is 16.5 Å². The Kier molecular flexibility index (Phi) is 2.07. The van der Waals surface area contributed by atoms with E-state index in [0.717, 1.165) is 13.0 Å². The molecule has 0 saturated carbocycles. The highest BCUT2D eigenvalue weighted by atomic mass is 14.9. The molecule has 0 aliphatic carbocycles. The zero-order valence-corrected chi connectivity index (χ0v) is 7.83. The fourth-order valence-electron chi connectivity index (χ4n) is 1.65. The van der Waals surface area contributed by atoms with Gasteiger partial charge in [-0.2, -0.15) is 0 Å². The van der Waals surface area contributed by atoms with Crippen molar-refractivity contribution in [3.8, 4) is 0 Å². The van der Waals surface area contributed by atoms with Gasteiger partial charge in [-0.25, -0.2) is 0 Å². The van der Waals surface area contributed by atoms with Crippen LogP contribution in [0.15, 0.2) is 30.5 Å². The molecule has 1 heterocycles. The smallest absolute Gasteiger partial charge is 0.0477 e. The Morgan fingerprint density at radius 1 is 1.31 bits per heavy atom. The highest BCUT2D eigenvalue weighted by molar-refractivity contribution is 5.80. The van der Waals surface area contributed by atoms with Crippen LogP contribution in [-0.2, 0) is 13.5 Å². The molecule has 0 amide bonds. The Balaban J connectivity index is 2.50. The summed E-state index contributed by atoms with van der Waals surface area (Å²) in [7, 11) is 2.06. The summed E-state index contributed by atoms with van der Waals surface area (Å²) >= 11 is 0. The van der Waals surface area contributed by atoms with Crippen molar-refractivity contribution in [2.24, 2.45) is 12.8 Å². The van der Waals surface area contributed by atoms with Gasteiger partial charge in [0.25, 0.3) is 0 Å². The molecule has 2 aromatic rings. The predicted octanol–water partition coefficient (Wildman–Crippen LogP) is 1.68. The van der Waals surface area contributed by atoms with Gasteiger partial charge < -0.3 is 10.3 Å². The molecule has 0 aliphatic heterocycles. The monoisotopic (exact) mass is 174 g/mol. The average Bonchev–Trinajstić information content (AvgIpc) is 2.48. The third kappa shape index (κ3) is 1.45. The summed E-state index contributed by atoms with van der Waals surface area (Å²) in [6.07, 6.45) is 3.04. The van der Waals surface area contributed by atoms with E-state index in [1.807, 2.05) is 0 Å². The van der Waals surface area contributed by atoms with E-state index in [2.05, 4.69) is 42.1 Å². The molecular formula is C11H14N2. The first-order chi connectivity index (χ1) is 6.31. The third-order valence-corrected chi connectivity index (χ3v) is 2.38. The zero-order valence-electron chi connectivity index (χ0n) is 7.83. The molecule has 13 heavy (non-hydrogen) atoms. The van der Waals surface area contributed by atoms with E-state index in [0.29, 0.717) is 0 Å². The molecule has 0 aliphatic rings. The molecule has 68 valence electrons. The average molecular weight is 174 g/mol. The second kappa shape index (κ2) is 3.23. The number of nitrogens with zero attached hydrogens (tertiary/aromatic N) is 1.